The van der Waals surface area contributed by atoms with Gasteiger partial charge in [-0.2, -0.15) is 5.10 Å². The first-order valence-electron chi connectivity index (χ1n) is 7.87. The van der Waals surface area contributed by atoms with Crippen LogP contribution in [0.1, 0.15) is 25.0 Å². The molecular formula is C15H26N4O. The van der Waals surface area contributed by atoms with Crippen molar-refractivity contribution in [2.75, 3.05) is 32.7 Å². The van der Waals surface area contributed by atoms with E-state index in [9.17, 15) is 5.11 Å². The quantitative estimate of drug-likeness (QED) is 0.881. The summed E-state index contributed by atoms with van der Waals surface area (Å²) in [5.74, 6) is 0. The lowest BCUT2D eigenvalue weighted by atomic mass is 10.1. The zero-order valence-corrected chi connectivity index (χ0v) is 12.4. The van der Waals surface area contributed by atoms with Crippen LogP contribution in [-0.4, -0.2) is 69.6 Å². The molecule has 2 saturated heterocycles. The monoisotopic (exact) mass is 278 g/mol. The van der Waals surface area contributed by atoms with Gasteiger partial charge in [0.25, 0.3) is 0 Å². The molecule has 2 fully saturated rings. The van der Waals surface area contributed by atoms with Crippen molar-refractivity contribution in [1.82, 2.24) is 19.6 Å². The Balaban J connectivity index is 1.49. The molecule has 3 heterocycles. The van der Waals surface area contributed by atoms with Crippen molar-refractivity contribution in [3.05, 3.63) is 18.0 Å². The first-order valence-corrected chi connectivity index (χ1v) is 7.87. The predicted octanol–water partition coefficient (Wildman–Crippen LogP) is 0.723. The minimum atomic E-state index is -0.188. The zero-order valence-electron chi connectivity index (χ0n) is 12.4. The molecule has 5 heteroatoms. The van der Waals surface area contributed by atoms with Gasteiger partial charge >= 0.3 is 0 Å². The fourth-order valence-electron chi connectivity index (χ4n) is 3.47. The number of aliphatic hydroxyl groups is 1. The van der Waals surface area contributed by atoms with Gasteiger partial charge < -0.3 is 5.11 Å². The number of rotatable bonds is 4. The third-order valence-electron chi connectivity index (χ3n) is 4.61. The van der Waals surface area contributed by atoms with E-state index in [-0.39, 0.29) is 6.10 Å². The van der Waals surface area contributed by atoms with Crippen molar-refractivity contribution in [3.63, 3.8) is 0 Å². The molecule has 1 aromatic rings. The molecule has 112 valence electrons. The Morgan fingerprint density at radius 1 is 1.20 bits per heavy atom. The van der Waals surface area contributed by atoms with Crippen molar-refractivity contribution in [2.24, 2.45) is 0 Å². The van der Waals surface area contributed by atoms with Crippen molar-refractivity contribution in [2.45, 2.75) is 44.9 Å². The highest BCUT2D eigenvalue weighted by Crippen LogP contribution is 2.20. The van der Waals surface area contributed by atoms with Gasteiger partial charge in [-0.15, -0.1) is 0 Å². The number of β-amino-alcohol motifs (C(OH)–C–C–N with tert-alkyl or cyclic N) is 1. The van der Waals surface area contributed by atoms with E-state index in [0.29, 0.717) is 6.04 Å². The summed E-state index contributed by atoms with van der Waals surface area (Å²) in [6.07, 6.45) is 5.77. The van der Waals surface area contributed by atoms with E-state index >= 15 is 0 Å². The number of likely N-dealkylation sites (tertiary alicyclic amines) is 2. The molecule has 20 heavy (non-hydrogen) atoms. The number of aryl methyl sites for hydroxylation is 1. The van der Waals surface area contributed by atoms with Crippen LogP contribution >= 0.6 is 0 Å². The minimum Gasteiger partial charge on any atom is -0.390 e. The van der Waals surface area contributed by atoms with Crippen LogP contribution in [0.25, 0.3) is 0 Å². The lowest BCUT2D eigenvalue weighted by molar-refractivity contribution is 0.0706. The second kappa shape index (κ2) is 6.24. The van der Waals surface area contributed by atoms with Gasteiger partial charge in [0.2, 0.25) is 0 Å². The van der Waals surface area contributed by atoms with Gasteiger partial charge in [0.05, 0.1) is 18.3 Å². The molecule has 0 aromatic carbocycles. The normalized spacial score (nSPS) is 29.1. The Hall–Kier alpha value is -0.910. The van der Waals surface area contributed by atoms with Gasteiger partial charge in [0.15, 0.2) is 0 Å². The van der Waals surface area contributed by atoms with Crippen LogP contribution in [0.3, 0.4) is 0 Å². The summed E-state index contributed by atoms with van der Waals surface area (Å²) in [6, 6.07) is 2.38. The Labute approximate surface area is 121 Å². The molecule has 2 atom stereocenters. The molecule has 1 N–H and O–H groups in total. The zero-order chi connectivity index (χ0) is 13.9. The maximum Gasteiger partial charge on any atom is 0.0834 e. The number of aliphatic hydroxyl groups excluding tert-OH is 1. The SMILES string of the molecule is Cc1ccn(CCN2C[C@H](O)[C@@H](N3CCCCC3)C2)n1. The topological polar surface area (TPSA) is 44.5 Å². The third-order valence-corrected chi connectivity index (χ3v) is 4.61. The lowest BCUT2D eigenvalue weighted by Crippen LogP contribution is -2.45. The van der Waals surface area contributed by atoms with Crippen LogP contribution in [0.4, 0.5) is 0 Å². The summed E-state index contributed by atoms with van der Waals surface area (Å²) in [6.45, 7) is 8.03. The highest BCUT2D eigenvalue weighted by molar-refractivity contribution is 4.95. The second-order valence-electron chi connectivity index (χ2n) is 6.21. The standard InChI is InChI=1S/C15H26N4O/c1-13-5-8-19(16-13)10-9-17-11-14(15(20)12-17)18-6-3-2-4-7-18/h5,8,14-15,20H,2-4,6-7,9-12H2,1H3/t14-,15-/m0/s1. The first-order chi connectivity index (χ1) is 9.72. The van der Waals surface area contributed by atoms with Crippen molar-refractivity contribution in [1.29, 1.82) is 0 Å². The summed E-state index contributed by atoms with van der Waals surface area (Å²) in [7, 11) is 0. The summed E-state index contributed by atoms with van der Waals surface area (Å²) >= 11 is 0. The van der Waals surface area contributed by atoms with Gasteiger partial charge in [-0.25, -0.2) is 0 Å². The number of hydrogen-bond acceptors (Lipinski definition) is 4. The lowest BCUT2D eigenvalue weighted by Gasteiger charge is -2.33. The van der Waals surface area contributed by atoms with E-state index in [1.165, 1.54) is 19.3 Å². The van der Waals surface area contributed by atoms with Crippen LogP contribution < -0.4 is 0 Å². The average molecular weight is 278 g/mol. The van der Waals surface area contributed by atoms with E-state index in [1.54, 1.807) is 0 Å². The molecule has 0 aliphatic carbocycles. The maximum absolute atomic E-state index is 10.3. The summed E-state index contributed by atoms with van der Waals surface area (Å²) < 4.78 is 2.00. The van der Waals surface area contributed by atoms with Crippen LogP contribution in [-0.2, 0) is 6.54 Å². The van der Waals surface area contributed by atoms with Gasteiger partial charge in [0.1, 0.15) is 0 Å². The highest BCUT2D eigenvalue weighted by atomic mass is 16.3. The molecule has 0 saturated carbocycles. The van der Waals surface area contributed by atoms with Crippen LogP contribution in [0, 0.1) is 6.92 Å². The molecule has 0 spiro atoms. The van der Waals surface area contributed by atoms with E-state index in [2.05, 4.69) is 14.9 Å². The second-order valence-corrected chi connectivity index (χ2v) is 6.21. The van der Waals surface area contributed by atoms with Crippen molar-refractivity contribution < 1.29 is 5.11 Å². The van der Waals surface area contributed by atoms with E-state index in [1.807, 2.05) is 23.9 Å². The molecule has 0 bridgehead atoms. The minimum absolute atomic E-state index is 0.188. The largest absolute Gasteiger partial charge is 0.390 e. The van der Waals surface area contributed by atoms with Crippen molar-refractivity contribution in [3.8, 4) is 0 Å². The van der Waals surface area contributed by atoms with Crippen molar-refractivity contribution >= 4 is 0 Å². The van der Waals surface area contributed by atoms with E-state index < -0.39 is 0 Å². The highest BCUT2D eigenvalue weighted by Gasteiger charge is 2.35. The third kappa shape index (κ3) is 3.22. The first kappa shape index (κ1) is 14.0. The van der Waals surface area contributed by atoms with Gasteiger partial charge in [-0.3, -0.25) is 14.5 Å². The summed E-state index contributed by atoms with van der Waals surface area (Å²) in [5.41, 5.74) is 1.07. The van der Waals surface area contributed by atoms with Crippen LogP contribution in [0.15, 0.2) is 12.3 Å². The number of aromatic nitrogens is 2. The van der Waals surface area contributed by atoms with Crippen LogP contribution in [0.5, 0.6) is 0 Å². The molecule has 2 aliphatic rings. The van der Waals surface area contributed by atoms with Gasteiger partial charge in [-0.1, -0.05) is 6.42 Å². The fourth-order valence-corrected chi connectivity index (χ4v) is 3.47. The molecule has 0 radical (unpaired) electrons. The molecular weight excluding hydrogens is 252 g/mol. The molecule has 3 rings (SSSR count). The molecule has 0 unspecified atom stereocenters. The van der Waals surface area contributed by atoms with E-state index in [0.717, 1.165) is 45.0 Å². The van der Waals surface area contributed by atoms with E-state index in [4.69, 9.17) is 0 Å². The summed E-state index contributed by atoms with van der Waals surface area (Å²) in [4.78, 5) is 4.87. The number of nitrogens with zero attached hydrogens (tertiary/aromatic N) is 4. The number of piperidine rings is 1. The maximum atomic E-state index is 10.3. The Morgan fingerprint density at radius 3 is 2.70 bits per heavy atom. The van der Waals surface area contributed by atoms with Gasteiger partial charge in [-0.05, 0) is 38.9 Å². The predicted molar refractivity (Wildman–Crippen MR) is 78.6 cm³/mol. The van der Waals surface area contributed by atoms with Crippen LogP contribution in [0.2, 0.25) is 0 Å². The molecule has 2 aliphatic heterocycles. The number of hydrogen-bond donors (Lipinski definition) is 1. The fraction of sp³-hybridized carbons (Fsp3) is 0.800. The Morgan fingerprint density at radius 2 is 2.00 bits per heavy atom. The molecule has 0 amide bonds. The van der Waals surface area contributed by atoms with Gasteiger partial charge in [0, 0.05) is 31.9 Å². The molecule has 5 nitrogen and oxygen atoms in total. The average Bonchev–Trinajstić information content (AvgIpc) is 3.03. The Bertz CT molecular complexity index is 427. The molecule has 1 aromatic heterocycles. The Kier molecular flexibility index (Phi) is 4.38. The summed E-state index contributed by atoms with van der Waals surface area (Å²) in [5, 5.41) is 14.7. The smallest absolute Gasteiger partial charge is 0.0834 e.